The molecule has 0 saturated heterocycles. The number of hydrogen-bond acceptors (Lipinski definition) is 4. The predicted molar refractivity (Wildman–Crippen MR) is 54.8 cm³/mol. The first kappa shape index (κ1) is 10.3. The average molecular weight is 201 g/mol. The normalized spacial score (nSPS) is 10.5. The first-order chi connectivity index (χ1) is 6.19. The van der Waals surface area contributed by atoms with Gasteiger partial charge in [0.15, 0.2) is 11.5 Å². The van der Waals surface area contributed by atoms with Crippen LogP contribution in [-0.4, -0.2) is 33.2 Å². The van der Waals surface area contributed by atoms with Crippen LogP contribution in [0.2, 0.25) is 0 Å². The summed E-state index contributed by atoms with van der Waals surface area (Å²) in [5.41, 5.74) is 0. The van der Waals surface area contributed by atoms with E-state index >= 15 is 0 Å². The lowest BCUT2D eigenvalue weighted by Crippen LogP contribution is -2.10. The highest BCUT2D eigenvalue weighted by molar-refractivity contribution is 7.10. The molecule has 0 saturated carbocycles. The second-order valence-electron chi connectivity index (χ2n) is 3.00. The minimum atomic E-state index is 0.823. The molecule has 0 aliphatic carbocycles. The van der Waals surface area contributed by atoms with Gasteiger partial charge in [-0.05, 0) is 14.1 Å². The van der Waals surface area contributed by atoms with E-state index in [0.29, 0.717) is 0 Å². The largest absolute Gasteiger partial charge is 0.492 e. The van der Waals surface area contributed by atoms with Crippen molar-refractivity contribution >= 4 is 11.3 Å². The molecule has 0 spiro atoms. The molecular weight excluding hydrogens is 186 g/mol. The molecule has 0 radical (unpaired) electrons. The van der Waals surface area contributed by atoms with E-state index in [0.717, 1.165) is 18.0 Å². The summed E-state index contributed by atoms with van der Waals surface area (Å²) in [6.45, 7) is 0.886. The van der Waals surface area contributed by atoms with Crippen LogP contribution >= 0.6 is 11.3 Å². The molecule has 0 aromatic carbocycles. The molecule has 3 nitrogen and oxygen atoms in total. The van der Waals surface area contributed by atoms with Gasteiger partial charge in [-0.15, -0.1) is 11.3 Å². The Morgan fingerprint density at radius 2 is 2.00 bits per heavy atom. The van der Waals surface area contributed by atoms with Crippen LogP contribution in [0.3, 0.4) is 0 Å². The fourth-order valence-corrected chi connectivity index (χ4v) is 2.20. The third kappa shape index (κ3) is 2.35. The van der Waals surface area contributed by atoms with Gasteiger partial charge in [0.05, 0.1) is 19.1 Å². The average Bonchev–Trinajstić information content (AvgIpc) is 2.45. The van der Waals surface area contributed by atoms with E-state index in [1.54, 1.807) is 25.6 Å². The van der Waals surface area contributed by atoms with Gasteiger partial charge in [-0.1, -0.05) is 0 Å². The first-order valence-corrected chi connectivity index (χ1v) is 4.90. The van der Waals surface area contributed by atoms with Crippen LogP contribution in [0.15, 0.2) is 5.38 Å². The fraction of sp³-hybridized carbons (Fsp3) is 0.556. The monoisotopic (exact) mass is 201 g/mol. The van der Waals surface area contributed by atoms with E-state index in [4.69, 9.17) is 9.47 Å². The summed E-state index contributed by atoms with van der Waals surface area (Å²) in [4.78, 5) is 3.30. The van der Waals surface area contributed by atoms with Gasteiger partial charge in [0.1, 0.15) is 0 Å². The second kappa shape index (κ2) is 4.48. The second-order valence-corrected chi connectivity index (χ2v) is 3.96. The van der Waals surface area contributed by atoms with E-state index in [9.17, 15) is 0 Å². The molecule has 4 heteroatoms. The van der Waals surface area contributed by atoms with Gasteiger partial charge in [-0.3, -0.25) is 0 Å². The van der Waals surface area contributed by atoms with E-state index in [1.165, 1.54) is 4.88 Å². The fourth-order valence-electron chi connectivity index (χ4n) is 1.12. The van der Waals surface area contributed by atoms with Crippen LogP contribution in [0.4, 0.5) is 0 Å². The lowest BCUT2D eigenvalue weighted by molar-refractivity contribution is 0.344. The van der Waals surface area contributed by atoms with Crippen LogP contribution in [0, 0.1) is 0 Å². The number of methoxy groups -OCH3 is 2. The highest BCUT2D eigenvalue weighted by atomic mass is 32.1. The minimum Gasteiger partial charge on any atom is -0.492 e. The Balaban J connectivity index is 2.87. The van der Waals surface area contributed by atoms with Gasteiger partial charge in [-0.25, -0.2) is 0 Å². The van der Waals surface area contributed by atoms with Crippen LogP contribution in [0.1, 0.15) is 4.88 Å². The first-order valence-electron chi connectivity index (χ1n) is 4.02. The molecule has 0 atom stereocenters. The number of nitrogens with zero attached hydrogens (tertiary/aromatic N) is 1. The Morgan fingerprint density at radius 3 is 2.46 bits per heavy atom. The molecule has 0 fully saturated rings. The quantitative estimate of drug-likeness (QED) is 0.741. The summed E-state index contributed by atoms with van der Waals surface area (Å²) in [7, 11) is 7.39. The van der Waals surface area contributed by atoms with Crippen LogP contribution in [0.25, 0.3) is 0 Å². The van der Waals surface area contributed by atoms with Gasteiger partial charge >= 0.3 is 0 Å². The van der Waals surface area contributed by atoms with Crippen LogP contribution in [-0.2, 0) is 6.54 Å². The Labute approximate surface area is 82.9 Å². The van der Waals surface area contributed by atoms with Crippen molar-refractivity contribution in [2.24, 2.45) is 0 Å². The highest BCUT2D eigenvalue weighted by Gasteiger charge is 2.12. The predicted octanol–water partition coefficient (Wildman–Crippen LogP) is 1.83. The van der Waals surface area contributed by atoms with Gasteiger partial charge < -0.3 is 14.4 Å². The smallest absolute Gasteiger partial charge is 0.175 e. The summed E-state index contributed by atoms with van der Waals surface area (Å²) in [5, 5.41) is 1.97. The van der Waals surface area contributed by atoms with E-state index in [2.05, 4.69) is 4.90 Å². The molecule has 1 aromatic heterocycles. The molecule has 0 unspecified atom stereocenters. The Morgan fingerprint density at radius 1 is 1.31 bits per heavy atom. The molecule has 0 bridgehead atoms. The van der Waals surface area contributed by atoms with E-state index in [1.807, 2.05) is 19.5 Å². The van der Waals surface area contributed by atoms with Gasteiger partial charge in [-0.2, -0.15) is 0 Å². The molecule has 13 heavy (non-hydrogen) atoms. The van der Waals surface area contributed by atoms with Crippen molar-refractivity contribution in [1.29, 1.82) is 0 Å². The van der Waals surface area contributed by atoms with E-state index in [-0.39, 0.29) is 0 Å². The molecular formula is C9H15NO2S. The Hall–Kier alpha value is -0.740. The van der Waals surface area contributed by atoms with E-state index < -0.39 is 0 Å². The lowest BCUT2D eigenvalue weighted by Gasteiger charge is -2.09. The minimum absolute atomic E-state index is 0.823. The molecule has 1 rings (SSSR count). The van der Waals surface area contributed by atoms with Gasteiger partial charge in [0.25, 0.3) is 0 Å². The molecule has 0 amide bonds. The third-order valence-corrected chi connectivity index (χ3v) is 2.60. The molecule has 1 heterocycles. The van der Waals surface area contributed by atoms with Crippen LogP contribution in [0.5, 0.6) is 11.5 Å². The maximum absolute atomic E-state index is 5.27. The zero-order valence-corrected chi connectivity index (χ0v) is 9.27. The number of hydrogen-bond donors (Lipinski definition) is 0. The van der Waals surface area contributed by atoms with Crippen LogP contribution < -0.4 is 9.47 Å². The Bertz CT molecular complexity index is 271. The maximum atomic E-state index is 5.27. The summed E-state index contributed by atoms with van der Waals surface area (Å²) < 4.78 is 10.4. The molecule has 0 aliphatic rings. The number of rotatable bonds is 4. The van der Waals surface area contributed by atoms with Crippen molar-refractivity contribution in [2.75, 3.05) is 28.3 Å². The van der Waals surface area contributed by atoms with Gasteiger partial charge in [0.2, 0.25) is 0 Å². The van der Waals surface area contributed by atoms with Crippen molar-refractivity contribution < 1.29 is 9.47 Å². The summed E-state index contributed by atoms with van der Waals surface area (Å²) in [6, 6.07) is 0. The van der Waals surface area contributed by atoms with Crippen molar-refractivity contribution in [1.82, 2.24) is 4.90 Å². The zero-order valence-electron chi connectivity index (χ0n) is 8.46. The zero-order chi connectivity index (χ0) is 9.84. The van der Waals surface area contributed by atoms with Crippen molar-refractivity contribution in [3.05, 3.63) is 10.3 Å². The summed E-state index contributed by atoms with van der Waals surface area (Å²) >= 11 is 1.66. The third-order valence-electron chi connectivity index (χ3n) is 1.67. The highest BCUT2D eigenvalue weighted by Crippen LogP contribution is 2.37. The summed E-state index contributed by atoms with van der Waals surface area (Å²) in [5.74, 6) is 1.69. The maximum Gasteiger partial charge on any atom is 0.175 e. The Kier molecular flexibility index (Phi) is 3.57. The SMILES string of the molecule is COc1csc(CN(C)C)c1OC. The molecule has 74 valence electrons. The van der Waals surface area contributed by atoms with Crippen molar-refractivity contribution in [2.45, 2.75) is 6.54 Å². The molecule has 0 N–H and O–H groups in total. The van der Waals surface area contributed by atoms with Gasteiger partial charge in [0, 0.05) is 11.9 Å². The molecule has 1 aromatic rings. The standard InChI is InChI=1S/C9H15NO2S/c1-10(2)5-8-9(12-4)7(11-3)6-13-8/h6H,5H2,1-4H3. The summed E-state index contributed by atoms with van der Waals surface area (Å²) in [6.07, 6.45) is 0. The number of ether oxygens (including phenoxy) is 2. The number of thiophene rings is 1. The van der Waals surface area contributed by atoms with Crippen molar-refractivity contribution in [3.63, 3.8) is 0 Å². The topological polar surface area (TPSA) is 21.7 Å². The van der Waals surface area contributed by atoms with Crippen molar-refractivity contribution in [3.8, 4) is 11.5 Å². The lowest BCUT2D eigenvalue weighted by atomic mass is 10.4. The molecule has 0 aliphatic heterocycles.